The van der Waals surface area contributed by atoms with Gasteiger partial charge >= 0.3 is 0 Å². The number of primary amides is 1. The van der Waals surface area contributed by atoms with Crippen molar-refractivity contribution in [1.29, 1.82) is 0 Å². The van der Waals surface area contributed by atoms with Crippen LogP contribution in [0.1, 0.15) is 55.4 Å². The van der Waals surface area contributed by atoms with Crippen LogP contribution in [-0.4, -0.2) is 23.3 Å². The molecule has 21 heavy (non-hydrogen) atoms. The van der Waals surface area contributed by atoms with Gasteiger partial charge in [-0.05, 0) is 18.9 Å². The van der Waals surface area contributed by atoms with E-state index >= 15 is 0 Å². The fourth-order valence-electron chi connectivity index (χ4n) is 2.43. The molecule has 0 fully saturated rings. The molecule has 0 atom stereocenters. The highest BCUT2D eigenvalue weighted by atomic mass is 16.1. The van der Waals surface area contributed by atoms with E-state index < -0.39 is 5.91 Å². The van der Waals surface area contributed by atoms with E-state index in [1.54, 1.807) is 6.07 Å². The lowest BCUT2D eigenvalue weighted by atomic mass is 10.1. The number of amides is 1. The van der Waals surface area contributed by atoms with Crippen LogP contribution in [0, 0.1) is 0 Å². The highest BCUT2D eigenvalue weighted by Gasteiger charge is 2.12. The molecule has 0 saturated carbocycles. The van der Waals surface area contributed by atoms with Gasteiger partial charge in [0.2, 0.25) is 0 Å². The largest absolute Gasteiger partial charge is 0.397 e. The first-order valence-corrected chi connectivity index (χ1v) is 7.52. The topological polar surface area (TPSA) is 106 Å². The molecule has 0 radical (unpaired) electrons. The van der Waals surface area contributed by atoms with Gasteiger partial charge in [-0.15, -0.1) is 0 Å². The number of aliphatic imine (C=N–C) groups is 1. The molecule has 2 rings (SSSR count). The summed E-state index contributed by atoms with van der Waals surface area (Å²) in [4.78, 5) is 20.0. The zero-order valence-corrected chi connectivity index (χ0v) is 12.3. The monoisotopic (exact) mass is 289 g/mol. The third-order valence-corrected chi connectivity index (χ3v) is 3.55. The van der Waals surface area contributed by atoms with E-state index in [-0.39, 0.29) is 5.69 Å². The van der Waals surface area contributed by atoms with E-state index in [1.165, 1.54) is 31.9 Å². The summed E-state index contributed by atoms with van der Waals surface area (Å²) in [6.45, 7) is 0.810. The lowest BCUT2D eigenvalue weighted by Crippen LogP contribution is -2.20. The number of nitrogens with two attached hydrogens (primary N) is 2. The molecule has 2 heterocycles. The Morgan fingerprint density at radius 1 is 1.14 bits per heavy atom. The van der Waals surface area contributed by atoms with Crippen molar-refractivity contribution in [3.8, 4) is 0 Å². The van der Waals surface area contributed by atoms with Gasteiger partial charge in [0, 0.05) is 13.0 Å². The second-order valence-corrected chi connectivity index (χ2v) is 5.35. The van der Waals surface area contributed by atoms with Gasteiger partial charge in [0.05, 0.1) is 17.6 Å². The summed E-state index contributed by atoms with van der Waals surface area (Å²) < 4.78 is 0. The van der Waals surface area contributed by atoms with Crippen LogP contribution in [-0.2, 0) is 0 Å². The predicted molar refractivity (Wildman–Crippen MR) is 85.4 cm³/mol. The highest BCUT2D eigenvalue weighted by molar-refractivity contribution is 6.03. The number of hydrogen-bond acceptors (Lipinski definition) is 5. The fourth-order valence-corrected chi connectivity index (χ4v) is 2.43. The molecule has 6 heteroatoms. The second kappa shape index (κ2) is 7.61. The van der Waals surface area contributed by atoms with Crippen LogP contribution in [0.4, 0.5) is 11.4 Å². The van der Waals surface area contributed by atoms with Gasteiger partial charge in [0.25, 0.3) is 5.91 Å². The minimum absolute atomic E-state index is 0.198. The van der Waals surface area contributed by atoms with Crippen molar-refractivity contribution in [2.45, 2.75) is 44.9 Å². The number of aromatic nitrogens is 1. The standard InChI is InChI=1S/C15H23N5O/c16-11-9-12(14(15(17)21)19-10-11)20-13-7-5-3-1-2-4-6-8-18-13/h9-10H,1-8,16H2,(H2,17,21)(H,18,20). The SMILES string of the molecule is NC(=O)c1ncc(N)cc1N/C1=N/CCCCCCCC1. The molecule has 0 spiro atoms. The van der Waals surface area contributed by atoms with E-state index in [9.17, 15) is 4.79 Å². The maximum Gasteiger partial charge on any atom is 0.269 e. The molecule has 1 aromatic rings. The lowest BCUT2D eigenvalue weighted by Gasteiger charge is -2.14. The summed E-state index contributed by atoms with van der Waals surface area (Å²) in [5.41, 5.74) is 12.3. The fraction of sp³-hybridized carbons (Fsp3) is 0.533. The van der Waals surface area contributed by atoms with Gasteiger partial charge in [-0.1, -0.05) is 25.7 Å². The Morgan fingerprint density at radius 3 is 2.62 bits per heavy atom. The number of nitrogens with zero attached hydrogens (tertiary/aromatic N) is 2. The van der Waals surface area contributed by atoms with Crippen LogP contribution >= 0.6 is 0 Å². The van der Waals surface area contributed by atoms with Gasteiger partial charge in [-0.2, -0.15) is 0 Å². The Kier molecular flexibility index (Phi) is 5.54. The number of hydrogen-bond donors (Lipinski definition) is 3. The Morgan fingerprint density at radius 2 is 1.86 bits per heavy atom. The summed E-state index contributed by atoms with van der Waals surface area (Å²) in [5.74, 6) is 0.310. The van der Waals surface area contributed by atoms with Crippen molar-refractivity contribution in [3.05, 3.63) is 18.0 Å². The van der Waals surface area contributed by atoms with Gasteiger partial charge in [-0.25, -0.2) is 4.98 Å². The van der Waals surface area contributed by atoms with Crippen molar-refractivity contribution in [3.63, 3.8) is 0 Å². The second-order valence-electron chi connectivity index (χ2n) is 5.35. The molecule has 6 nitrogen and oxygen atoms in total. The summed E-state index contributed by atoms with van der Waals surface area (Å²) in [6, 6.07) is 1.68. The Hall–Kier alpha value is -2.11. The van der Waals surface area contributed by atoms with Crippen LogP contribution in [0.15, 0.2) is 17.3 Å². The number of anilines is 2. The highest BCUT2D eigenvalue weighted by Crippen LogP contribution is 2.18. The van der Waals surface area contributed by atoms with Crippen molar-refractivity contribution >= 4 is 23.1 Å². The Labute approximate surface area is 125 Å². The molecule has 1 aliphatic rings. The molecule has 0 aliphatic carbocycles. The molecule has 114 valence electrons. The van der Waals surface area contributed by atoms with Crippen molar-refractivity contribution in [1.82, 2.24) is 4.98 Å². The molecule has 5 N–H and O–H groups in total. The summed E-state index contributed by atoms with van der Waals surface area (Å²) >= 11 is 0. The molecule has 0 aromatic carbocycles. The molecular formula is C15H23N5O. The van der Waals surface area contributed by atoms with E-state index in [2.05, 4.69) is 15.3 Å². The van der Waals surface area contributed by atoms with Gasteiger partial charge in [0.1, 0.15) is 5.84 Å². The summed E-state index contributed by atoms with van der Waals surface area (Å²) in [5, 5.41) is 3.19. The smallest absolute Gasteiger partial charge is 0.269 e. The number of nitrogens with one attached hydrogen (secondary N) is 1. The molecule has 0 unspecified atom stereocenters. The van der Waals surface area contributed by atoms with Crippen molar-refractivity contribution in [2.75, 3.05) is 17.6 Å². The predicted octanol–water partition coefficient (Wildman–Crippen LogP) is 2.32. The number of carbonyl (C=O) groups is 1. The first kappa shape index (κ1) is 15.3. The van der Waals surface area contributed by atoms with Gasteiger partial charge in [-0.3, -0.25) is 9.79 Å². The van der Waals surface area contributed by atoms with E-state index in [1.807, 2.05) is 0 Å². The van der Waals surface area contributed by atoms with Crippen LogP contribution in [0.3, 0.4) is 0 Å². The van der Waals surface area contributed by atoms with Crippen molar-refractivity contribution < 1.29 is 4.79 Å². The van der Waals surface area contributed by atoms with Gasteiger partial charge in [0.15, 0.2) is 5.69 Å². The number of nitrogen functional groups attached to an aromatic ring is 1. The minimum atomic E-state index is -0.571. The maximum absolute atomic E-state index is 11.4. The molecule has 0 saturated heterocycles. The maximum atomic E-state index is 11.4. The quantitative estimate of drug-likeness (QED) is 0.776. The number of pyridine rings is 1. The number of carbonyl (C=O) groups excluding carboxylic acids is 1. The molecule has 1 aliphatic heterocycles. The minimum Gasteiger partial charge on any atom is -0.397 e. The lowest BCUT2D eigenvalue weighted by molar-refractivity contribution is 0.0996. The van der Waals surface area contributed by atoms with E-state index in [4.69, 9.17) is 11.5 Å². The molecular weight excluding hydrogens is 266 g/mol. The third-order valence-electron chi connectivity index (χ3n) is 3.55. The number of amidine groups is 1. The first-order valence-electron chi connectivity index (χ1n) is 7.52. The van der Waals surface area contributed by atoms with Gasteiger partial charge < -0.3 is 16.8 Å². The van der Waals surface area contributed by atoms with Crippen LogP contribution in [0.5, 0.6) is 0 Å². The molecule has 0 bridgehead atoms. The van der Waals surface area contributed by atoms with Crippen LogP contribution < -0.4 is 16.8 Å². The summed E-state index contributed by atoms with van der Waals surface area (Å²) in [7, 11) is 0. The normalized spacial score (nSPS) is 19.3. The van der Waals surface area contributed by atoms with E-state index in [0.717, 1.165) is 31.6 Å². The van der Waals surface area contributed by atoms with Crippen LogP contribution in [0.2, 0.25) is 0 Å². The number of rotatable bonds is 2. The summed E-state index contributed by atoms with van der Waals surface area (Å²) in [6.07, 6.45) is 9.49. The first-order chi connectivity index (χ1) is 10.2. The zero-order valence-electron chi connectivity index (χ0n) is 12.3. The Bertz CT molecular complexity index is 527. The molecule has 1 aromatic heterocycles. The van der Waals surface area contributed by atoms with Crippen LogP contribution in [0.25, 0.3) is 0 Å². The third kappa shape index (κ3) is 4.73. The zero-order chi connectivity index (χ0) is 15.1. The van der Waals surface area contributed by atoms with Crippen molar-refractivity contribution in [2.24, 2.45) is 10.7 Å². The average molecular weight is 289 g/mol. The molecule has 1 amide bonds. The Balaban J connectivity index is 2.15. The van der Waals surface area contributed by atoms with E-state index in [0.29, 0.717) is 11.4 Å². The average Bonchev–Trinajstić information content (AvgIpc) is 2.45.